The molecule has 0 saturated heterocycles. The number of benzene rings is 2. The van der Waals surface area contributed by atoms with Gasteiger partial charge in [-0.3, -0.25) is 0 Å². The van der Waals surface area contributed by atoms with Gasteiger partial charge in [0.15, 0.2) is 17.1 Å². The molecule has 1 aromatic heterocycles. The van der Waals surface area contributed by atoms with Gasteiger partial charge in [0.25, 0.3) is 0 Å². The number of hydrogen-bond acceptors (Lipinski definition) is 4. The fourth-order valence-corrected chi connectivity index (χ4v) is 3.64. The monoisotopic (exact) mass is 371 g/mol. The molecular formula is C20H22FN3OS. The second-order valence-corrected chi connectivity index (χ2v) is 7.25. The molecule has 0 fully saturated rings. The van der Waals surface area contributed by atoms with Crippen LogP contribution in [0.3, 0.4) is 0 Å². The predicted octanol–water partition coefficient (Wildman–Crippen LogP) is 5.00. The summed E-state index contributed by atoms with van der Waals surface area (Å²) >= 11 is 1.46. The fraction of sp³-hybridized carbons (Fsp3) is 0.300. The number of thioether (sulfide) groups is 1. The summed E-state index contributed by atoms with van der Waals surface area (Å²) in [7, 11) is 1.90. The van der Waals surface area contributed by atoms with Crippen molar-refractivity contribution in [2.45, 2.75) is 37.8 Å². The van der Waals surface area contributed by atoms with Gasteiger partial charge in [-0.25, -0.2) is 4.39 Å². The van der Waals surface area contributed by atoms with E-state index in [2.05, 4.69) is 23.2 Å². The maximum absolute atomic E-state index is 13.8. The van der Waals surface area contributed by atoms with Crippen LogP contribution in [0, 0.1) is 19.7 Å². The molecule has 0 aliphatic heterocycles. The summed E-state index contributed by atoms with van der Waals surface area (Å²) in [4.78, 5) is 0. The van der Waals surface area contributed by atoms with Gasteiger partial charge in [-0.2, -0.15) is 0 Å². The van der Waals surface area contributed by atoms with E-state index >= 15 is 0 Å². The van der Waals surface area contributed by atoms with E-state index in [4.69, 9.17) is 4.74 Å². The Bertz CT molecular complexity index is 910. The Morgan fingerprint density at radius 2 is 1.92 bits per heavy atom. The molecule has 0 saturated carbocycles. The van der Waals surface area contributed by atoms with Crippen molar-refractivity contribution >= 4 is 11.8 Å². The van der Waals surface area contributed by atoms with Crippen LogP contribution in [0.1, 0.15) is 35.5 Å². The van der Waals surface area contributed by atoms with Crippen molar-refractivity contribution in [1.29, 1.82) is 0 Å². The Balaban J connectivity index is 1.70. The maximum Gasteiger partial charge on any atom is 0.191 e. The van der Waals surface area contributed by atoms with Crippen molar-refractivity contribution in [2.24, 2.45) is 7.05 Å². The summed E-state index contributed by atoms with van der Waals surface area (Å²) in [6.45, 7) is 6.04. The molecule has 0 amide bonds. The first-order chi connectivity index (χ1) is 12.5. The molecule has 0 radical (unpaired) electrons. The third-order valence-corrected chi connectivity index (χ3v) is 5.25. The smallest absolute Gasteiger partial charge is 0.191 e. The minimum Gasteiger partial charge on any atom is -0.482 e. The fourth-order valence-electron chi connectivity index (χ4n) is 2.74. The van der Waals surface area contributed by atoms with Crippen LogP contribution in [-0.4, -0.2) is 14.8 Å². The van der Waals surface area contributed by atoms with Crippen molar-refractivity contribution in [2.75, 3.05) is 0 Å². The van der Waals surface area contributed by atoms with Crippen molar-refractivity contribution in [3.05, 3.63) is 70.8 Å². The number of nitrogens with zero attached hydrogens (tertiary/aromatic N) is 3. The lowest BCUT2D eigenvalue weighted by molar-refractivity contribution is 0.210. The summed E-state index contributed by atoms with van der Waals surface area (Å²) in [5.41, 5.74) is 2.95. The lowest BCUT2D eigenvalue weighted by Gasteiger charge is -2.16. The lowest BCUT2D eigenvalue weighted by Crippen LogP contribution is -2.10. The second kappa shape index (κ2) is 7.91. The maximum atomic E-state index is 13.8. The first-order valence-corrected chi connectivity index (χ1v) is 9.43. The van der Waals surface area contributed by atoms with Gasteiger partial charge in [-0.05, 0) is 44.0 Å². The number of halogens is 1. The van der Waals surface area contributed by atoms with Gasteiger partial charge in [0, 0.05) is 12.8 Å². The number of ether oxygens (including phenoxy) is 1. The molecule has 6 heteroatoms. The molecule has 136 valence electrons. The highest BCUT2D eigenvalue weighted by Crippen LogP contribution is 2.28. The highest BCUT2D eigenvalue weighted by molar-refractivity contribution is 7.98. The molecule has 1 heterocycles. The van der Waals surface area contributed by atoms with E-state index < -0.39 is 0 Å². The van der Waals surface area contributed by atoms with Crippen molar-refractivity contribution in [1.82, 2.24) is 14.8 Å². The third-order valence-electron chi connectivity index (χ3n) is 4.18. The van der Waals surface area contributed by atoms with Crippen LogP contribution < -0.4 is 4.74 Å². The zero-order chi connectivity index (χ0) is 18.7. The molecule has 0 N–H and O–H groups in total. The van der Waals surface area contributed by atoms with E-state index in [0.29, 0.717) is 11.3 Å². The normalized spacial score (nSPS) is 12.2. The van der Waals surface area contributed by atoms with Gasteiger partial charge in [0.1, 0.15) is 11.6 Å². The average molecular weight is 371 g/mol. The highest BCUT2D eigenvalue weighted by atomic mass is 32.2. The molecule has 0 bridgehead atoms. The van der Waals surface area contributed by atoms with Gasteiger partial charge < -0.3 is 9.30 Å². The minimum absolute atomic E-state index is 0.200. The molecule has 2 aromatic carbocycles. The summed E-state index contributed by atoms with van der Waals surface area (Å²) in [5, 5.41) is 9.24. The summed E-state index contributed by atoms with van der Waals surface area (Å²) < 4.78 is 21.7. The van der Waals surface area contributed by atoms with Gasteiger partial charge in [-0.15, -0.1) is 10.2 Å². The zero-order valence-electron chi connectivity index (χ0n) is 15.4. The Morgan fingerprint density at radius 1 is 1.15 bits per heavy atom. The number of aromatic nitrogens is 3. The molecule has 3 aromatic rings. The van der Waals surface area contributed by atoms with Crippen molar-refractivity contribution < 1.29 is 9.13 Å². The first-order valence-electron chi connectivity index (χ1n) is 8.45. The molecule has 0 spiro atoms. The highest BCUT2D eigenvalue weighted by Gasteiger charge is 2.18. The van der Waals surface area contributed by atoms with Gasteiger partial charge >= 0.3 is 0 Å². The minimum atomic E-state index is -0.239. The number of hydrogen-bond donors (Lipinski definition) is 0. The van der Waals surface area contributed by atoms with Crippen LogP contribution in [0.25, 0.3) is 0 Å². The second-order valence-electron chi connectivity index (χ2n) is 6.31. The quantitative estimate of drug-likeness (QED) is 0.572. The van der Waals surface area contributed by atoms with Crippen molar-refractivity contribution in [3.63, 3.8) is 0 Å². The predicted molar refractivity (Wildman–Crippen MR) is 102 cm³/mol. The largest absolute Gasteiger partial charge is 0.482 e. The molecule has 0 aliphatic rings. The van der Waals surface area contributed by atoms with Crippen LogP contribution in [0.2, 0.25) is 0 Å². The van der Waals surface area contributed by atoms with E-state index in [1.807, 2.05) is 43.7 Å². The number of aryl methyl sites for hydroxylation is 2. The molecule has 0 aliphatic carbocycles. The summed E-state index contributed by atoms with van der Waals surface area (Å²) in [5.74, 6) is 1.88. The SMILES string of the molecule is Cc1ccc(OC(C)c2nnc(SCc3ccccc3F)n2C)c(C)c1. The Labute approximate surface area is 157 Å². The summed E-state index contributed by atoms with van der Waals surface area (Å²) in [6, 6.07) is 12.9. The van der Waals surface area contributed by atoms with Crippen LogP contribution >= 0.6 is 11.8 Å². The standard InChI is InChI=1S/C20H22FN3OS/c1-13-9-10-18(14(2)11-13)25-15(3)19-22-23-20(24(19)4)26-12-16-7-5-6-8-17(16)21/h5-11,15H,12H2,1-4H3. The molecule has 26 heavy (non-hydrogen) atoms. The van der Waals surface area contributed by atoms with Crippen molar-refractivity contribution in [3.8, 4) is 5.75 Å². The van der Waals surface area contributed by atoms with E-state index in [0.717, 1.165) is 22.3 Å². The molecule has 1 unspecified atom stereocenters. The van der Waals surface area contributed by atoms with Crippen LogP contribution in [0.15, 0.2) is 47.6 Å². The average Bonchev–Trinajstić information content (AvgIpc) is 2.97. The molecule has 4 nitrogen and oxygen atoms in total. The van der Waals surface area contributed by atoms with Crippen LogP contribution in [0.4, 0.5) is 4.39 Å². The van der Waals surface area contributed by atoms with Gasteiger partial charge in [0.05, 0.1) is 0 Å². The lowest BCUT2D eigenvalue weighted by atomic mass is 10.1. The first kappa shape index (κ1) is 18.5. The molecule has 1 atom stereocenters. The Hall–Kier alpha value is -2.34. The van der Waals surface area contributed by atoms with E-state index in [1.165, 1.54) is 23.4 Å². The van der Waals surface area contributed by atoms with E-state index in [1.54, 1.807) is 12.1 Å². The van der Waals surface area contributed by atoms with E-state index in [-0.39, 0.29) is 11.9 Å². The molecular weight excluding hydrogens is 349 g/mol. The number of rotatable bonds is 6. The van der Waals surface area contributed by atoms with Crippen LogP contribution in [0.5, 0.6) is 5.75 Å². The summed E-state index contributed by atoms with van der Waals surface area (Å²) in [6.07, 6.45) is -0.239. The van der Waals surface area contributed by atoms with Crippen LogP contribution in [-0.2, 0) is 12.8 Å². The van der Waals surface area contributed by atoms with Gasteiger partial charge in [-0.1, -0.05) is 47.7 Å². The van der Waals surface area contributed by atoms with Gasteiger partial charge in [0.2, 0.25) is 0 Å². The molecule has 3 rings (SSSR count). The topological polar surface area (TPSA) is 39.9 Å². The van der Waals surface area contributed by atoms with E-state index in [9.17, 15) is 4.39 Å². The Kier molecular flexibility index (Phi) is 5.61. The zero-order valence-corrected chi connectivity index (χ0v) is 16.2. The Morgan fingerprint density at radius 3 is 2.65 bits per heavy atom. The third kappa shape index (κ3) is 4.07.